The number of halogens is 1. The molecule has 0 saturated carbocycles. The second-order valence-electron chi connectivity index (χ2n) is 4.27. The molecule has 0 fully saturated rings. The van der Waals surface area contributed by atoms with E-state index in [2.05, 4.69) is 36.4 Å². The normalized spacial score (nSPS) is 10.8. The average molecular weight is 334 g/mol. The van der Waals surface area contributed by atoms with Gasteiger partial charge >= 0.3 is 0 Å². The van der Waals surface area contributed by atoms with Crippen molar-refractivity contribution in [1.82, 2.24) is 15.1 Å². The quantitative estimate of drug-likeness (QED) is 0.762. The highest BCUT2D eigenvalue weighted by molar-refractivity contribution is 9.10. The first-order chi connectivity index (χ1) is 9.74. The van der Waals surface area contributed by atoms with E-state index in [1.165, 1.54) is 6.39 Å². The fourth-order valence-electron chi connectivity index (χ4n) is 1.98. The highest BCUT2D eigenvalue weighted by atomic mass is 79.9. The van der Waals surface area contributed by atoms with Gasteiger partial charge in [0.25, 0.3) is 0 Å². The Balaban J connectivity index is 1.86. The standard InChI is InChI=1S/C13H12BrN5O/c14-8-1-2-11-9(5-8)13(10(15)6-17-11)16-4-3-12-18-7-20-19-12/h1-2,5-7H,3-4,15H2,(H,16,17). The zero-order valence-electron chi connectivity index (χ0n) is 10.5. The summed E-state index contributed by atoms with van der Waals surface area (Å²) in [5, 5.41) is 8.06. The molecule has 0 aliphatic heterocycles. The smallest absolute Gasteiger partial charge is 0.213 e. The number of hydrogen-bond acceptors (Lipinski definition) is 6. The van der Waals surface area contributed by atoms with Gasteiger partial charge in [-0.2, -0.15) is 4.98 Å². The predicted molar refractivity (Wildman–Crippen MR) is 80.3 cm³/mol. The highest BCUT2D eigenvalue weighted by Crippen LogP contribution is 2.29. The Kier molecular flexibility index (Phi) is 3.51. The van der Waals surface area contributed by atoms with Crippen LogP contribution < -0.4 is 11.1 Å². The molecule has 0 amide bonds. The Hall–Kier alpha value is -2.15. The molecule has 3 rings (SSSR count). The van der Waals surface area contributed by atoms with Gasteiger partial charge in [-0.3, -0.25) is 4.98 Å². The van der Waals surface area contributed by atoms with Crippen LogP contribution in [0, 0.1) is 0 Å². The van der Waals surface area contributed by atoms with E-state index in [9.17, 15) is 0 Å². The Morgan fingerprint density at radius 1 is 1.30 bits per heavy atom. The predicted octanol–water partition coefficient (Wildman–Crippen LogP) is 2.62. The van der Waals surface area contributed by atoms with Gasteiger partial charge in [-0.1, -0.05) is 21.1 Å². The highest BCUT2D eigenvalue weighted by Gasteiger charge is 2.07. The van der Waals surface area contributed by atoms with Crippen LogP contribution >= 0.6 is 15.9 Å². The Morgan fingerprint density at radius 3 is 3.00 bits per heavy atom. The Labute approximate surface area is 123 Å². The van der Waals surface area contributed by atoms with Crippen LogP contribution in [0.2, 0.25) is 0 Å². The topological polar surface area (TPSA) is 89.9 Å². The molecular weight excluding hydrogens is 322 g/mol. The second kappa shape index (κ2) is 5.46. The molecule has 3 N–H and O–H groups in total. The first-order valence-corrected chi connectivity index (χ1v) is 6.86. The zero-order chi connectivity index (χ0) is 13.9. The summed E-state index contributed by atoms with van der Waals surface area (Å²) >= 11 is 3.46. The maximum atomic E-state index is 6.01. The van der Waals surface area contributed by atoms with Gasteiger partial charge < -0.3 is 15.6 Å². The van der Waals surface area contributed by atoms with E-state index in [1.807, 2.05) is 18.2 Å². The van der Waals surface area contributed by atoms with Crippen molar-refractivity contribution in [2.24, 2.45) is 0 Å². The van der Waals surface area contributed by atoms with E-state index in [0.717, 1.165) is 21.1 Å². The van der Waals surface area contributed by atoms with E-state index in [4.69, 9.17) is 10.3 Å². The maximum Gasteiger partial charge on any atom is 0.213 e. The third-order valence-electron chi connectivity index (χ3n) is 2.92. The molecule has 0 saturated heterocycles. The number of aromatic nitrogens is 3. The molecule has 20 heavy (non-hydrogen) atoms. The molecule has 0 bridgehead atoms. The Bertz CT molecular complexity index is 724. The molecule has 6 nitrogen and oxygen atoms in total. The number of rotatable bonds is 4. The van der Waals surface area contributed by atoms with Gasteiger partial charge in [0, 0.05) is 22.8 Å². The van der Waals surface area contributed by atoms with Crippen LogP contribution in [-0.4, -0.2) is 21.7 Å². The largest absolute Gasteiger partial charge is 0.396 e. The zero-order valence-corrected chi connectivity index (χ0v) is 12.1. The van der Waals surface area contributed by atoms with Gasteiger partial charge in [0.15, 0.2) is 5.82 Å². The minimum absolute atomic E-state index is 0.615. The van der Waals surface area contributed by atoms with Gasteiger partial charge in [0.2, 0.25) is 6.39 Å². The molecule has 1 aromatic carbocycles. The first kappa shape index (κ1) is 12.9. The molecule has 102 valence electrons. The van der Waals surface area contributed by atoms with E-state index < -0.39 is 0 Å². The van der Waals surface area contributed by atoms with Crippen LogP contribution in [0.25, 0.3) is 10.9 Å². The van der Waals surface area contributed by atoms with Crippen LogP contribution in [-0.2, 0) is 6.42 Å². The number of anilines is 2. The van der Waals surface area contributed by atoms with Crippen molar-refractivity contribution in [3.8, 4) is 0 Å². The number of nitrogens with two attached hydrogens (primary N) is 1. The van der Waals surface area contributed by atoms with Crippen molar-refractivity contribution >= 4 is 38.2 Å². The van der Waals surface area contributed by atoms with Crippen molar-refractivity contribution in [3.63, 3.8) is 0 Å². The molecular formula is C13H12BrN5O. The lowest BCUT2D eigenvalue weighted by molar-refractivity contribution is 0.410. The van der Waals surface area contributed by atoms with Gasteiger partial charge in [0.05, 0.1) is 23.1 Å². The lowest BCUT2D eigenvalue weighted by atomic mass is 10.1. The minimum Gasteiger partial charge on any atom is -0.396 e. The first-order valence-electron chi connectivity index (χ1n) is 6.07. The van der Waals surface area contributed by atoms with Crippen molar-refractivity contribution < 1.29 is 4.52 Å². The molecule has 0 aliphatic rings. The number of hydrogen-bond donors (Lipinski definition) is 2. The van der Waals surface area contributed by atoms with E-state index in [0.29, 0.717) is 24.5 Å². The number of pyridine rings is 1. The number of benzene rings is 1. The summed E-state index contributed by atoms with van der Waals surface area (Å²) in [6, 6.07) is 5.90. The van der Waals surface area contributed by atoms with Gasteiger partial charge in [-0.15, -0.1) is 0 Å². The van der Waals surface area contributed by atoms with Crippen LogP contribution in [0.5, 0.6) is 0 Å². The molecule has 0 radical (unpaired) electrons. The fraction of sp³-hybridized carbons (Fsp3) is 0.154. The van der Waals surface area contributed by atoms with Crippen LogP contribution in [0.15, 0.2) is 39.8 Å². The summed E-state index contributed by atoms with van der Waals surface area (Å²) in [7, 11) is 0. The summed E-state index contributed by atoms with van der Waals surface area (Å²) in [4.78, 5) is 8.29. The summed E-state index contributed by atoms with van der Waals surface area (Å²) in [6.45, 7) is 0.662. The van der Waals surface area contributed by atoms with Crippen molar-refractivity contribution in [2.75, 3.05) is 17.6 Å². The van der Waals surface area contributed by atoms with Crippen molar-refractivity contribution in [3.05, 3.63) is 41.1 Å². The summed E-state index contributed by atoms with van der Waals surface area (Å²) < 4.78 is 5.68. The molecule has 0 spiro atoms. The third kappa shape index (κ3) is 2.57. The van der Waals surface area contributed by atoms with Crippen LogP contribution in [0.3, 0.4) is 0 Å². The van der Waals surface area contributed by atoms with E-state index >= 15 is 0 Å². The summed E-state index contributed by atoms with van der Waals surface area (Å²) in [5.41, 5.74) is 8.39. The SMILES string of the molecule is Nc1cnc2ccc(Br)cc2c1NCCc1ncon1. The average Bonchev–Trinajstić information content (AvgIpc) is 2.94. The minimum atomic E-state index is 0.615. The van der Waals surface area contributed by atoms with E-state index in [-0.39, 0.29) is 0 Å². The maximum absolute atomic E-state index is 6.01. The fourth-order valence-corrected chi connectivity index (χ4v) is 2.34. The summed E-state index contributed by atoms with van der Waals surface area (Å²) in [6.07, 6.45) is 3.64. The lowest BCUT2D eigenvalue weighted by Crippen LogP contribution is -2.08. The Morgan fingerprint density at radius 2 is 2.20 bits per heavy atom. The molecule has 0 aliphatic carbocycles. The van der Waals surface area contributed by atoms with Crippen LogP contribution in [0.1, 0.15) is 5.82 Å². The van der Waals surface area contributed by atoms with Gasteiger partial charge in [0.1, 0.15) is 0 Å². The molecule has 0 atom stereocenters. The molecule has 0 unspecified atom stereocenters. The number of fused-ring (bicyclic) bond motifs is 1. The summed E-state index contributed by atoms with van der Waals surface area (Å²) in [5.74, 6) is 0.663. The van der Waals surface area contributed by atoms with Crippen LogP contribution in [0.4, 0.5) is 11.4 Å². The molecule has 7 heteroatoms. The number of nitrogen functional groups attached to an aromatic ring is 1. The van der Waals surface area contributed by atoms with Crippen molar-refractivity contribution in [2.45, 2.75) is 6.42 Å². The molecule has 3 aromatic rings. The van der Waals surface area contributed by atoms with E-state index in [1.54, 1.807) is 6.20 Å². The second-order valence-corrected chi connectivity index (χ2v) is 5.19. The molecule has 2 heterocycles. The molecule has 2 aromatic heterocycles. The van der Waals surface area contributed by atoms with Crippen molar-refractivity contribution in [1.29, 1.82) is 0 Å². The monoisotopic (exact) mass is 333 g/mol. The van der Waals surface area contributed by atoms with Gasteiger partial charge in [-0.25, -0.2) is 0 Å². The lowest BCUT2D eigenvalue weighted by Gasteiger charge is -2.11. The number of nitrogens with one attached hydrogen (secondary N) is 1. The number of nitrogens with zero attached hydrogens (tertiary/aromatic N) is 3. The third-order valence-corrected chi connectivity index (χ3v) is 3.41. The van der Waals surface area contributed by atoms with Gasteiger partial charge in [-0.05, 0) is 18.2 Å².